The number of para-hydroxylation sites is 2. The molecule has 0 spiro atoms. The number of aromatic nitrogens is 2. The topological polar surface area (TPSA) is 67.6 Å². The quantitative estimate of drug-likeness (QED) is 0.911. The summed E-state index contributed by atoms with van der Waals surface area (Å²) in [5, 5.41) is 10.1. The summed E-state index contributed by atoms with van der Waals surface area (Å²) in [6.45, 7) is 3.32. The number of likely N-dealkylation sites (tertiary alicyclic amines) is 1. The van der Waals surface area contributed by atoms with E-state index in [1.807, 2.05) is 36.1 Å². The SMILES string of the molecule is CO[C@@]12CC[C@@H](O)C[C@@H]1N(C(=O)CCn1c(C)nc3ccccc31)CC2. The van der Waals surface area contributed by atoms with Crippen LogP contribution in [-0.4, -0.2) is 56.9 Å². The van der Waals surface area contributed by atoms with Crippen molar-refractivity contribution in [2.75, 3.05) is 13.7 Å². The Labute approximate surface area is 153 Å². The Kier molecular flexibility index (Phi) is 4.49. The first kappa shape index (κ1) is 17.5. The summed E-state index contributed by atoms with van der Waals surface area (Å²) < 4.78 is 7.95. The second kappa shape index (κ2) is 6.67. The molecule has 1 N–H and O–H groups in total. The van der Waals surface area contributed by atoms with Gasteiger partial charge in [-0.2, -0.15) is 0 Å². The number of methoxy groups -OCH3 is 1. The molecule has 3 atom stereocenters. The average molecular weight is 357 g/mol. The fraction of sp³-hybridized carbons (Fsp3) is 0.600. The van der Waals surface area contributed by atoms with E-state index in [1.54, 1.807) is 7.11 Å². The second-order valence-corrected chi connectivity index (χ2v) is 7.60. The Morgan fingerprint density at radius 2 is 2.19 bits per heavy atom. The van der Waals surface area contributed by atoms with Gasteiger partial charge in [0.2, 0.25) is 5.91 Å². The van der Waals surface area contributed by atoms with Crippen LogP contribution in [0.4, 0.5) is 0 Å². The molecule has 2 fully saturated rings. The summed E-state index contributed by atoms with van der Waals surface area (Å²) in [4.78, 5) is 19.5. The number of carbonyl (C=O) groups is 1. The normalized spacial score (nSPS) is 28.5. The molecule has 1 aliphatic carbocycles. The molecule has 1 amide bonds. The van der Waals surface area contributed by atoms with Crippen molar-refractivity contribution in [1.29, 1.82) is 0 Å². The molecule has 1 saturated carbocycles. The molecule has 0 bridgehead atoms. The molecule has 0 radical (unpaired) electrons. The molecule has 2 aromatic rings. The van der Waals surface area contributed by atoms with Crippen LogP contribution in [0, 0.1) is 6.92 Å². The van der Waals surface area contributed by atoms with Crippen LogP contribution in [0.1, 0.15) is 37.9 Å². The number of aryl methyl sites for hydroxylation is 2. The first-order valence-corrected chi connectivity index (χ1v) is 9.48. The van der Waals surface area contributed by atoms with E-state index in [2.05, 4.69) is 9.55 Å². The van der Waals surface area contributed by atoms with Crippen molar-refractivity contribution in [1.82, 2.24) is 14.5 Å². The van der Waals surface area contributed by atoms with Gasteiger partial charge in [-0.05, 0) is 44.7 Å². The molecule has 1 saturated heterocycles. The van der Waals surface area contributed by atoms with Crippen LogP contribution in [-0.2, 0) is 16.1 Å². The summed E-state index contributed by atoms with van der Waals surface area (Å²) in [6.07, 6.45) is 3.16. The van der Waals surface area contributed by atoms with E-state index in [0.717, 1.165) is 36.1 Å². The molecule has 0 unspecified atom stereocenters. The summed E-state index contributed by atoms with van der Waals surface area (Å²) in [5.74, 6) is 1.07. The lowest BCUT2D eigenvalue weighted by atomic mass is 9.79. The van der Waals surface area contributed by atoms with E-state index >= 15 is 0 Å². The Balaban J connectivity index is 1.49. The maximum absolute atomic E-state index is 13.0. The Morgan fingerprint density at radius 1 is 1.38 bits per heavy atom. The fourth-order valence-electron chi connectivity index (χ4n) is 4.80. The molecule has 1 aromatic heterocycles. The number of aliphatic hydroxyl groups excluding tert-OH is 1. The highest BCUT2D eigenvalue weighted by molar-refractivity contribution is 5.78. The molecule has 26 heavy (non-hydrogen) atoms. The van der Waals surface area contributed by atoms with E-state index in [0.29, 0.717) is 25.9 Å². The number of benzene rings is 1. The minimum atomic E-state index is -0.337. The van der Waals surface area contributed by atoms with Crippen molar-refractivity contribution >= 4 is 16.9 Å². The monoisotopic (exact) mass is 357 g/mol. The van der Waals surface area contributed by atoms with Crippen LogP contribution < -0.4 is 0 Å². The first-order valence-electron chi connectivity index (χ1n) is 9.48. The number of imidazole rings is 1. The average Bonchev–Trinajstić information content (AvgIpc) is 3.17. The molecular weight excluding hydrogens is 330 g/mol. The lowest BCUT2D eigenvalue weighted by Gasteiger charge is -2.42. The number of amides is 1. The highest BCUT2D eigenvalue weighted by atomic mass is 16.5. The van der Waals surface area contributed by atoms with Crippen LogP contribution in [0.3, 0.4) is 0 Å². The van der Waals surface area contributed by atoms with Gasteiger partial charge in [0, 0.05) is 26.6 Å². The minimum absolute atomic E-state index is 0.00983. The predicted molar refractivity (Wildman–Crippen MR) is 98.8 cm³/mol. The Hall–Kier alpha value is -1.92. The van der Waals surface area contributed by atoms with Crippen molar-refractivity contribution < 1.29 is 14.6 Å². The highest BCUT2D eigenvalue weighted by Gasteiger charge is 2.52. The van der Waals surface area contributed by atoms with Gasteiger partial charge < -0.3 is 19.3 Å². The van der Waals surface area contributed by atoms with Gasteiger partial charge in [-0.25, -0.2) is 4.98 Å². The number of aliphatic hydroxyl groups is 1. The minimum Gasteiger partial charge on any atom is -0.393 e. The molecule has 1 aliphatic heterocycles. The number of hydrogen-bond acceptors (Lipinski definition) is 4. The molecule has 6 heteroatoms. The van der Waals surface area contributed by atoms with Gasteiger partial charge in [-0.1, -0.05) is 12.1 Å². The van der Waals surface area contributed by atoms with Gasteiger partial charge in [-0.3, -0.25) is 4.79 Å². The molecular formula is C20H27N3O3. The number of fused-ring (bicyclic) bond motifs is 2. The van der Waals surface area contributed by atoms with E-state index in [1.165, 1.54) is 0 Å². The molecule has 2 aliphatic rings. The third-order valence-electron chi connectivity index (χ3n) is 6.28. The van der Waals surface area contributed by atoms with Gasteiger partial charge in [0.15, 0.2) is 0 Å². The zero-order chi connectivity index (χ0) is 18.3. The van der Waals surface area contributed by atoms with Gasteiger partial charge in [0.25, 0.3) is 0 Å². The van der Waals surface area contributed by atoms with E-state index in [-0.39, 0.29) is 23.7 Å². The van der Waals surface area contributed by atoms with Crippen LogP contribution >= 0.6 is 0 Å². The summed E-state index contributed by atoms with van der Waals surface area (Å²) in [5.41, 5.74) is 1.76. The van der Waals surface area contributed by atoms with Crippen molar-refractivity contribution in [2.45, 2.75) is 63.3 Å². The molecule has 6 nitrogen and oxygen atoms in total. The molecule has 2 heterocycles. The second-order valence-electron chi connectivity index (χ2n) is 7.60. The molecule has 4 rings (SSSR count). The molecule has 140 valence electrons. The lowest BCUT2D eigenvalue weighted by molar-refractivity contribution is -0.140. The van der Waals surface area contributed by atoms with E-state index in [4.69, 9.17) is 4.74 Å². The van der Waals surface area contributed by atoms with Crippen molar-refractivity contribution in [3.05, 3.63) is 30.1 Å². The number of carbonyl (C=O) groups excluding carboxylic acids is 1. The zero-order valence-electron chi connectivity index (χ0n) is 15.5. The Bertz CT molecular complexity index is 818. The number of rotatable bonds is 4. The summed E-state index contributed by atoms with van der Waals surface area (Å²) in [6, 6.07) is 8.01. The van der Waals surface area contributed by atoms with Crippen LogP contribution in [0.15, 0.2) is 24.3 Å². The van der Waals surface area contributed by atoms with Gasteiger partial charge in [0.1, 0.15) is 5.82 Å². The number of ether oxygens (including phenoxy) is 1. The summed E-state index contributed by atoms with van der Waals surface area (Å²) >= 11 is 0. The smallest absolute Gasteiger partial charge is 0.224 e. The third-order valence-corrected chi connectivity index (χ3v) is 6.28. The predicted octanol–water partition coefficient (Wildman–Crippen LogP) is 2.27. The number of hydrogen-bond donors (Lipinski definition) is 1. The van der Waals surface area contributed by atoms with Gasteiger partial charge >= 0.3 is 0 Å². The third kappa shape index (κ3) is 2.81. The van der Waals surface area contributed by atoms with E-state index < -0.39 is 0 Å². The number of nitrogens with zero attached hydrogens (tertiary/aromatic N) is 3. The standard InChI is InChI=1S/C20H27N3O3/c1-14-21-16-5-3-4-6-17(16)22(14)11-8-19(25)23-12-10-20(26-2)9-7-15(24)13-18(20)23/h3-6,15,18,24H,7-13H2,1-2H3/t15-,18+,20-/m1/s1. The fourth-order valence-corrected chi connectivity index (χ4v) is 4.80. The molecule has 1 aromatic carbocycles. The van der Waals surface area contributed by atoms with Crippen molar-refractivity contribution in [3.63, 3.8) is 0 Å². The Morgan fingerprint density at radius 3 is 3.00 bits per heavy atom. The maximum atomic E-state index is 13.0. The first-order chi connectivity index (χ1) is 12.5. The van der Waals surface area contributed by atoms with Crippen LogP contribution in [0.5, 0.6) is 0 Å². The largest absolute Gasteiger partial charge is 0.393 e. The van der Waals surface area contributed by atoms with Crippen molar-refractivity contribution in [2.24, 2.45) is 0 Å². The summed E-state index contributed by atoms with van der Waals surface area (Å²) in [7, 11) is 1.74. The zero-order valence-corrected chi connectivity index (χ0v) is 15.5. The van der Waals surface area contributed by atoms with Crippen LogP contribution in [0.2, 0.25) is 0 Å². The highest BCUT2D eigenvalue weighted by Crippen LogP contribution is 2.42. The lowest BCUT2D eigenvalue weighted by Crippen LogP contribution is -2.52. The van der Waals surface area contributed by atoms with Gasteiger partial charge in [-0.15, -0.1) is 0 Å². The van der Waals surface area contributed by atoms with Crippen molar-refractivity contribution in [3.8, 4) is 0 Å². The van der Waals surface area contributed by atoms with Crippen LogP contribution in [0.25, 0.3) is 11.0 Å². The maximum Gasteiger partial charge on any atom is 0.224 e. The van der Waals surface area contributed by atoms with Gasteiger partial charge in [0.05, 0.1) is 28.8 Å². The van der Waals surface area contributed by atoms with E-state index in [9.17, 15) is 9.90 Å².